The Morgan fingerprint density at radius 3 is 1.68 bits per heavy atom. The number of benzene rings is 5. The first kappa shape index (κ1) is 29.9. The number of hydrogen-bond acceptors (Lipinski definition) is 7. The second-order valence-corrected chi connectivity index (χ2v) is 9.83. The molecule has 0 heterocycles. The summed E-state index contributed by atoms with van der Waals surface area (Å²) in [6.45, 7) is 0.437. The fraction of sp³-hybridized carbons (Fsp3) is 0.135. The Hall–Kier alpha value is -5.56. The third-order valence-corrected chi connectivity index (χ3v) is 6.77. The number of carbonyl (C=O) groups is 2. The van der Waals surface area contributed by atoms with E-state index in [4.69, 9.17) is 23.7 Å². The average molecular weight is 589 g/mol. The molecule has 0 fully saturated rings. The smallest absolute Gasteiger partial charge is 0.204 e. The van der Waals surface area contributed by atoms with Crippen molar-refractivity contribution in [2.45, 2.75) is 19.8 Å². The minimum absolute atomic E-state index is 0.201. The van der Waals surface area contributed by atoms with Gasteiger partial charge in [0.15, 0.2) is 24.4 Å². The highest BCUT2D eigenvalue weighted by molar-refractivity contribution is 6.01. The molecule has 0 saturated carbocycles. The predicted molar refractivity (Wildman–Crippen MR) is 167 cm³/mol. The van der Waals surface area contributed by atoms with Crippen LogP contribution in [0.4, 0.5) is 0 Å². The van der Waals surface area contributed by atoms with Crippen molar-refractivity contribution in [2.75, 3.05) is 13.7 Å². The van der Waals surface area contributed by atoms with E-state index in [-0.39, 0.29) is 42.7 Å². The summed E-state index contributed by atoms with van der Waals surface area (Å²) in [6, 6.07) is 37.2. The third-order valence-electron chi connectivity index (χ3n) is 6.77. The molecule has 0 aromatic heterocycles. The summed E-state index contributed by atoms with van der Waals surface area (Å²) in [5.74, 6) is 1.35. The van der Waals surface area contributed by atoms with Crippen LogP contribution in [-0.2, 0) is 19.8 Å². The minimum Gasteiger partial charge on any atom is -0.493 e. The monoisotopic (exact) mass is 588 g/mol. The van der Waals surface area contributed by atoms with E-state index in [0.29, 0.717) is 35.7 Å². The lowest BCUT2D eigenvalue weighted by atomic mass is 10.1. The molecule has 7 nitrogen and oxygen atoms in total. The van der Waals surface area contributed by atoms with E-state index in [1.807, 2.05) is 91.0 Å². The van der Waals surface area contributed by atoms with Gasteiger partial charge in [0.25, 0.3) is 0 Å². The lowest BCUT2D eigenvalue weighted by Gasteiger charge is -2.19. The highest BCUT2D eigenvalue weighted by atomic mass is 16.5. The maximum atomic E-state index is 13.7. The second kappa shape index (κ2) is 15.1. The molecule has 222 valence electrons. The van der Waals surface area contributed by atoms with Crippen LogP contribution in [0.2, 0.25) is 0 Å². The first-order valence-corrected chi connectivity index (χ1v) is 14.1. The number of carbonyl (C=O) groups excluding carboxylic acids is 2. The molecule has 0 aliphatic rings. The molecule has 0 amide bonds. The molecular formula is C37H32O7. The fourth-order valence-electron chi connectivity index (χ4n) is 4.45. The summed E-state index contributed by atoms with van der Waals surface area (Å²) in [4.78, 5) is 25.4. The molecule has 0 atom stereocenters. The number of methoxy groups -OCH3 is 1. The van der Waals surface area contributed by atoms with Crippen molar-refractivity contribution in [1.82, 2.24) is 0 Å². The van der Waals surface area contributed by atoms with E-state index in [0.717, 1.165) is 16.7 Å². The molecule has 0 unspecified atom stereocenters. The number of ketones is 1. The second-order valence-electron chi connectivity index (χ2n) is 9.83. The quantitative estimate of drug-likeness (QED) is 0.0925. The summed E-state index contributed by atoms with van der Waals surface area (Å²) in [6.07, 6.45) is 0.679. The van der Waals surface area contributed by atoms with Crippen molar-refractivity contribution < 1.29 is 33.3 Å². The van der Waals surface area contributed by atoms with E-state index in [1.165, 1.54) is 7.11 Å². The van der Waals surface area contributed by atoms with E-state index < -0.39 is 0 Å². The van der Waals surface area contributed by atoms with Gasteiger partial charge in [0, 0.05) is 6.07 Å². The van der Waals surface area contributed by atoms with Gasteiger partial charge in [-0.25, -0.2) is 0 Å². The summed E-state index contributed by atoms with van der Waals surface area (Å²) in [5.41, 5.74) is 3.42. The topological polar surface area (TPSA) is 80.3 Å². The summed E-state index contributed by atoms with van der Waals surface area (Å²) >= 11 is 0. The zero-order valence-electron chi connectivity index (χ0n) is 24.3. The first-order valence-electron chi connectivity index (χ1n) is 14.1. The molecule has 44 heavy (non-hydrogen) atoms. The average Bonchev–Trinajstić information content (AvgIpc) is 3.09. The number of ether oxygens (including phenoxy) is 5. The van der Waals surface area contributed by atoms with Crippen LogP contribution in [-0.4, -0.2) is 25.8 Å². The van der Waals surface area contributed by atoms with Crippen LogP contribution < -0.4 is 23.7 Å². The lowest BCUT2D eigenvalue weighted by molar-refractivity contribution is 0.0912. The van der Waals surface area contributed by atoms with Gasteiger partial charge in [-0.15, -0.1) is 0 Å². The van der Waals surface area contributed by atoms with E-state index >= 15 is 0 Å². The van der Waals surface area contributed by atoms with Crippen LogP contribution in [0.15, 0.2) is 121 Å². The molecule has 5 aromatic carbocycles. The van der Waals surface area contributed by atoms with Crippen molar-refractivity contribution in [2.24, 2.45) is 0 Å². The Bertz CT molecular complexity index is 1670. The normalized spacial score (nSPS) is 10.5. The van der Waals surface area contributed by atoms with Gasteiger partial charge in [-0.3, -0.25) is 9.59 Å². The Balaban J connectivity index is 1.38. The largest absolute Gasteiger partial charge is 0.493 e. The standard InChI is InChI=1S/C37H32O7/c1-40-34-20-19-32(36(43-24-28-13-7-3-8-14-28)37(34)44-25-29-15-9-4-10-16-29)33(39)26-42-35-21-31(18-17-30(35)22-38)41-23-27-11-5-2-6-12-27/h2-22H,23-26H2,1H3. The zero-order valence-corrected chi connectivity index (χ0v) is 24.3. The zero-order chi connectivity index (χ0) is 30.6. The molecule has 0 aliphatic carbocycles. The Morgan fingerprint density at radius 2 is 1.14 bits per heavy atom. The molecule has 0 aliphatic heterocycles. The summed E-state index contributed by atoms with van der Waals surface area (Å²) in [7, 11) is 1.53. The summed E-state index contributed by atoms with van der Waals surface area (Å²) < 4.78 is 29.8. The Kier molecular flexibility index (Phi) is 10.2. The van der Waals surface area contributed by atoms with Crippen LogP contribution in [0.3, 0.4) is 0 Å². The molecule has 0 saturated heterocycles. The van der Waals surface area contributed by atoms with Gasteiger partial charge in [-0.1, -0.05) is 91.0 Å². The number of rotatable bonds is 15. The molecule has 0 radical (unpaired) electrons. The van der Waals surface area contributed by atoms with Crippen LogP contribution in [0.5, 0.6) is 28.7 Å². The predicted octanol–water partition coefficient (Wildman–Crippen LogP) is 7.51. The maximum Gasteiger partial charge on any atom is 0.204 e. The van der Waals surface area contributed by atoms with Crippen molar-refractivity contribution >= 4 is 12.1 Å². The van der Waals surface area contributed by atoms with Crippen molar-refractivity contribution in [3.8, 4) is 28.7 Å². The van der Waals surface area contributed by atoms with Crippen molar-refractivity contribution in [3.05, 3.63) is 149 Å². The third kappa shape index (κ3) is 7.83. The SMILES string of the molecule is COc1ccc(C(=O)COc2cc(OCc3ccccc3)ccc2C=O)c(OCc2ccccc2)c1OCc1ccccc1. The molecule has 5 rings (SSSR count). The lowest BCUT2D eigenvalue weighted by Crippen LogP contribution is -2.15. The van der Waals surface area contributed by atoms with Gasteiger partial charge in [0.05, 0.1) is 18.2 Å². The van der Waals surface area contributed by atoms with Gasteiger partial charge in [0.2, 0.25) is 11.5 Å². The van der Waals surface area contributed by atoms with Gasteiger partial charge in [-0.05, 0) is 41.0 Å². The number of aldehydes is 1. The van der Waals surface area contributed by atoms with Crippen LogP contribution >= 0.6 is 0 Å². The van der Waals surface area contributed by atoms with E-state index in [2.05, 4.69) is 0 Å². The molecule has 7 heteroatoms. The fourth-order valence-corrected chi connectivity index (χ4v) is 4.45. The number of hydrogen-bond donors (Lipinski definition) is 0. The highest BCUT2D eigenvalue weighted by Crippen LogP contribution is 2.41. The van der Waals surface area contributed by atoms with Gasteiger partial charge < -0.3 is 23.7 Å². The summed E-state index contributed by atoms with van der Waals surface area (Å²) in [5, 5.41) is 0. The van der Waals surface area contributed by atoms with Gasteiger partial charge in [0.1, 0.15) is 31.3 Å². The number of Topliss-reactive ketones (excluding diaryl/α,β-unsaturated/α-hetero) is 1. The van der Waals surface area contributed by atoms with Gasteiger partial charge >= 0.3 is 0 Å². The van der Waals surface area contributed by atoms with Crippen molar-refractivity contribution in [3.63, 3.8) is 0 Å². The Labute approximate surface area is 256 Å². The Morgan fingerprint density at radius 1 is 0.591 bits per heavy atom. The molecule has 0 N–H and O–H groups in total. The van der Waals surface area contributed by atoms with E-state index in [1.54, 1.807) is 30.3 Å². The molecule has 0 bridgehead atoms. The van der Waals surface area contributed by atoms with Crippen molar-refractivity contribution in [1.29, 1.82) is 0 Å². The molecule has 5 aromatic rings. The van der Waals surface area contributed by atoms with Gasteiger partial charge in [-0.2, -0.15) is 0 Å². The molecular weight excluding hydrogens is 556 g/mol. The minimum atomic E-state index is -0.368. The highest BCUT2D eigenvalue weighted by Gasteiger charge is 2.23. The van der Waals surface area contributed by atoms with Crippen LogP contribution in [0.25, 0.3) is 0 Å². The van der Waals surface area contributed by atoms with Crippen LogP contribution in [0, 0.1) is 0 Å². The maximum absolute atomic E-state index is 13.7. The van der Waals surface area contributed by atoms with E-state index in [9.17, 15) is 9.59 Å². The first-order chi connectivity index (χ1) is 21.6. The van der Waals surface area contributed by atoms with Crippen LogP contribution in [0.1, 0.15) is 37.4 Å². The molecule has 0 spiro atoms.